The number of amides is 2. The van der Waals surface area contributed by atoms with Gasteiger partial charge >= 0.3 is 12.1 Å². The molecule has 196 valence electrons. The molecule has 0 aromatic rings. The molecule has 3 saturated heterocycles. The van der Waals surface area contributed by atoms with Gasteiger partial charge < -0.3 is 30.6 Å². The molecule has 4 N–H and O–H groups in total. The van der Waals surface area contributed by atoms with Gasteiger partial charge in [-0.25, -0.2) is 4.79 Å². The molecule has 35 heavy (non-hydrogen) atoms. The fourth-order valence-electron chi connectivity index (χ4n) is 5.68. The van der Waals surface area contributed by atoms with Crippen LogP contribution in [0.4, 0.5) is 13.2 Å². The highest BCUT2D eigenvalue weighted by atomic mass is 32.2. The van der Waals surface area contributed by atoms with Crippen molar-refractivity contribution < 1.29 is 37.8 Å². The monoisotopic (exact) mass is 520 g/mol. The zero-order valence-electron chi connectivity index (χ0n) is 19.5. The van der Waals surface area contributed by atoms with Gasteiger partial charge in [0.2, 0.25) is 11.8 Å². The van der Waals surface area contributed by atoms with Crippen molar-refractivity contribution in [1.82, 2.24) is 20.4 Å². The van der Waals surface area contributed by atoms with Crippen LogP contribution in [0.3, 0.4) is 0 Å². The molecule has 0 aliphatic carbocycles. The molecule has 13 heteroatoms. The van der Waals surface area contributed by atoms with Crippen LogP contribution >= 0.6 is 11.8 Å². The molecule has 4 aliphatic rings. The summed E-state index contributed by atoms with van der Waals surface area (Å²) in [7, 11) is 0. The van der Waals surface area contributed by atoms with E-state index in [9.17, 15) is 37.8 Å². The smallest absolute Gasteiger partial charge is 0.401 e. The summed E-state index contributed by atoms with van der Waals surface area (Å²) in [5.41, 5.74) is -0.0297. The van der Waals surface area contributed by atoms with E-state index in [1.165, 1.54) is 23.6 Å². The largest absolute Gasteiger partial charge is 0.477 e. The zero-order chi connectivity index (χ0) is 25.7. The van der Waals surface area contributed by atoms with E-state index >= 15 is 0 Å². The topological polar surface area (TPSA) is 122 Å². The van der Waals surface area contributed by atoms with Crippen LogP contribution in [-0.2, 0) is 14.4 Å². The number of fused-ring (bicyclic) bond motifs is 1. The molecule has 0 unspecified atom stereocenters. The molecular formula is C22H31F3N4O5S. The van der Waals surface area contributed by atoms with Crippen molar-refractivity contribution >= 4 is 29.5 Å². The number of aliphatic hydroxyl groups excluding tert-OH is 1. The van der Waals surface area contributed by atoms with Crippen LogP contribution in [0.2, 0.25) is 0 Å². The first-order valence-corrected chi connectivity index (χ1v) is 12.7. The van der Waals surface area contributed by atoms with Gasteiger partial charge in [-0.05, 0) is 25.7 Å². The molecule has 0 bridgehead atoms. The number of alkyl halides is 3. The molecule has 4 heterocycles. The van der Waals surface area contributed by atoms with Crippen LogP contribution in [0.5, 0.6) is 0 Å². The number of β-lactam (4-membered cyclic amide) rings is 1. The van der Waals surface area contributed by atoms with Crippen LogP contribution in [0.1, 0.15) is 26.7 Å². The number of aliphatic carboxylic acids is 1. The highest BCUT2D eigenvalue weighted by Crippen LogP contribution is 2.51. The van der Waals surface area contributed by atoms with Gasteiger partial charge in [-0.1, -0.05) is 6.92 Å². The van der Waals surface area contributed by atoms with E-state index in [1.54, 1.807) is 4.90 Å². The molecule has 3 fully saturated rings. The lowest BCUT2D eigenvalue weighted by atomic mass is 9.79. The van der Waals surface area contributed by atoms with Gasteiger partial charge in [0, 0.05) is 42.3 Å². The van der Waals surface area contributed by atoms with E-state index in [4.69, 9.17) is 0 Å². The maximum atomic E-state index is 13.0. The summed E-state index contributed by atoms with van der Waals surface area (Å²) in [6.45, 7) is 3.95. The quantitative estimate of drug-likeness (QED) is 0.344. The van der Waals surface area contributed by atoms with Crippen molar-refractivity contribution in [3.63, 3.8) is 0 Å². The minimum Gasteiger partial charge on any atom is -0.477 e. The lowest BCUT2D eigenvalue weighted by molar-refractivity contribution is -0.163. The minimum atomic E-state index is -4.26. The molecule has 0 saturated carbocycles. The van der Waals surface area contributed by atoms with E-state index in [0.29, 0.717) is 37.4 Å². The number of hydrogen-bond donors (Lipinski definition) is 4. The molecule has 4 aliphatic heterocycles. The number of rotatable bonds is 8. The van der Waals surface area contributed by atoms with Crippen LogP contribution < -0.4 is 10.6 Å². The van der Waals surface area contributed by atoms with Gasteiger partial charge in [0.05, 0.1) is 30.7 Å². The number of hydrogen-bond acceptors (Lipinski definition) is 7. The number of carboxylic acid groups (broad SMARTS) is 1. The highest BCUT2D eigenvalue weighted by Gasteiger charge is 2.60. The lowest BCUT2D eigenvalue weighted by Crippen LogP contribution is -2.63. The van der Waals surface area contributed by atoms with Crippen LogP contribution in [0.15, 0.2) is 10.6 Å². The number of nitrogens with one attached hydrogen (secondary N) is 2. The molecular weight excluding hydrogens is 489 g/mol. The lowest BCUT2D eigenvalue weighted by Gasteiger charge is -2.46. The summed E-state index contributed by atoms with van der Waals surface area (Å²) in [4.78, 5) is 41.0. The summed E-state index contributed by atoms with van der Waals surface area (Å²) in [5.74, 6) is -2.54. The van der Waals surface area contributed by atoms with Gasteiger partial charge in [0.15, 0.2) is 0 Å². The summed E-state index contributed by atoms with van der Waals surface area (Å²) >= 11 is 1.37. The number of nitrogens with zero attached hydrogens (tertiary/aromatic N) is 2. The van der Waals surface area contributed by atoms with E-state index in [-0.39, 0.29) is 47.2 Å². The molecule has 0 aromatic carbocycles. The van der Waals surface area contributed by atoms with Crippen molar-refractivity contribution in [2.45, 2.75) is 56.3 Å². The zero-order valence-corrected chi connectivity index (χ0v) is 20.4. The average molecular weight is 521 g/mol. The molecule has 0 spiro atoms. The number of carbonyl (C=O) groups excluding carboxylic acids is 2. The molecule has 4 rings (SSSR count). The Balaban J connectivity index is 1.33. The standard InChI is InChI=1S/C22H31F3N4O5S/c1-10-16-15(11(2)30)20(32)29(16)17(21(33)34)18(10)35-13-5-14(27-7-13)19(31)28-4-3-12(8-28)6-26-9-22(23,24)25/h10-16,26-27,30H,3-9H2,1-2H3,(H,33,34)/t10-,11-,12-,13+,14+,15-,16-/m1/s1. The minimum absolute atomic E-state index is 0.0283. The maximum absolute atomic E-state index is 13.0. The fourth-order valence-corrected chi connectivity index (χ4v) is 7.16. The van der Waals surface area contributed by atoms with Crippen molar-refractivity contribution in [2.24, 2.45) is 17.8 Å². The van der Waals surface area contributed by atoms with Gasteiger partial charge in [0.1, 0.15) is 5.70 Å². The van der Waals surface area contributed by atoms with Crippen LogP contribution in [0.25, 0.3) is 0 Å². The third kappa shape index (κ3) is 5.18. The van der Waals surface area contributed by atoms with Gasteiger partial charge in [-0.2, -0.15) is 13.2 Å². The van der Waals surface area contributed by atoms with E-state index in [1.807, 2.05) is 6.92 Å². The SMILES string of the molecule is C[C@@H](O)[C@H]1C(=O)N2C(C(=O)O)=C(S[C@@H]3CN[C@H](C(=O)N4CC[C@H](CNCC(F)(F)F)C4)C3)[C@H](C)[C@H]12. The maximum Gasteiger partial charge on any atom is 0.401 e. The average Bonchev–Trinajstić information content (AvgIpc) is 3.45. The van der Waals surface area contributed by atoms with Gasteiger partial charge in [-0.3, -0.25) is 9.59 Å². The second-order valence-electron chi connectivity index (χ2n) is 9.89. The Hall–Kier alpha value is -1.83. The Labute approximate surface area is 205 Å². The second-order valence-corrected chi connectivity index (χ2v) is 11.2. The van der Waals surface area contributed by atoms with Gasteiger partial charge in [-0.15, -0.1) is 11.8 Å². The van der Waals surface area contributed by atoms with E-state index in [2.05, 4.69) is 10.6 Å². The summed E-state index contributed by atoms with van der Waals surface area (Å²) in [6, 6.07) is -0.820. The molecule has 9 nitrogen and oxygen atoms in total. The third-order valence-electron chi connectivity index (χ3n) is 7.35. The predicted molar refractivity (Wildman–Crippen MR) is 121 cm³/mol. The molecule has 0 radical (unpaired) electrons. The number of carboxylic acids is 1. The number of aliphatic hydroxyl groups is 1. The molecule has 0 aromatic heterocycles. The first-order chi connectivity index (χ1) is 16.4. The van der Waals surface area contributed by atoms with Crippen molar-refractivity contribution in [3.05, 3.63) is 10.6 Å². The van der Waals surface area contributed by atoms with Crippen molar-refractivity contribution in [3.8, 4) is 0 Å². The number of likely N-dealkylation sites (tertiary alicyclic amines) is 1. The summed E-state index contributed by atoms with van der Waals surface area (Å²) in [5, 5.41) is 25.3. The first-order valence-electron chi connectivity index (χ1n) is 11.8. The number of halogens is 3. The van der Waals surface area contributed by atoms with Crippen molar-refractivity contribution in [1.29, 1.82) is 0 Å². The highest BCUT2D eigenvalue weighted by molar-refractivity contribution is 8.03. The Morgan fingerprint density at radius 3 is 2.69 bits per heavy atom. The first kappa shape index (κ1) is 26.2. The predicted octanol–water partition coefficient (Wildman–Crippen LogP) is 0.604. The summed E-state index contributed by atoms with van der Waals surface area (Å²) in [6.07, 6.45) is -4.00. The Morgan fingerprint density at radius 2 is 2.06 bits per heavy atom. The van der Waals surface area contributed by atoms with Crippen molar-refractivity contribution in [2.75, 3.05) is 32.7 Å². The normalized spacial score (nSPS) is 33.8. The second kappa shape index (κ2) is 9.91. The Morgan fingerprint density at radius 1 is 1.34 bits per heavy atom. The molecule has 2 amide bonds. The van der Waals surface area contributed by atoms with Crippen LogP contribution in [0, 0.1) is 17.8 Å². The summed E-state index contributed by atoms with van der Waals surface area (Å²) < 4.78 is 37.0. The van der Waals surface area contributed by atoms with Gasteiger partial charge in [0.25, 0.3) is 0 Å². The fraction of sp³-hybridized carbons (Fsp3) is 0.773. The van der Waals surface area contributed by atoms with E-state index < -0.39 is 36.8 Å². The number of thioether (sulfide) groups is 1. The van der Waals surface area contributed by atoms with E-state index in [0.717, 1.165) is 0 Å². The Kier molecular flexibility index (Phi) is 7.43. The number of carbonyl (C=O) groups is 3. The molecule has 7 atom stereocenters. The Bertz CT molecular complexity index is 914. The third-order valence-corrected chi connectivity index (χ3v) is 8.86. The van der Waals surface area contributed by atoms with Crippen LogP contribution in [-0.4, -0.2) is 100 Å².